The highest BCUT2D eigenvalue weighted by Crippen LogP contribution is 2.37. The minimum absolute atomic E-state index is 0.326. The zero-order chi connectivity index (χ0) is 21.2. The van der Waals surface area contributed by atoms with Crippen molar-refractivity contribution in [2.24, 2.45) is 5.92 Å². The minimum Gasteiger partial charge on any atom is -0.494 e. The molecular weight excluding hydrogens is 372 g/mol. The largest absolute Gasteiger partial charge is 0.494 e. The van der Waals surface area contributed by atoms with Gasteiger partial charge in [0.05, 0.1) is 12.2 Å². The number of carbonyl (C=O) groups excluding carboxylic acids is 1. The van der Waals surface area contributed by atoms with E-state index in [-0.39, 0.29) is 5.97 Å². The van der Waals surface area contributed by atoms with Gasteiger partial charge in [-0.3, -0.25) is 0 Å². The van der Waals surface area contributed by atoms with Gasteiger partial charge in [0.1, 0.15) is 11.5 Å². The molecule has 0 bridgehead atoms. The zero-order valence-electron chi connectivity index (χ0n) is 18.1. The maximum absolute atomic E-state index is 12.5. The fraction of sp³-hybridized carbons (Fsp3) is 0.444. The summed E-state index contributed by atoms with van der Waals surface area (Å²) in [5.74, 6) is 2.51. The number of rotatable bonds is 10. The molecule has 0 unspecified atom stereocenters. The summed E-state index contributed by atoms with van der Waals surface area (Å²) in [7, 11) is 0. The van der Waals surface area contributed by atoms with E-state index in [9.17, 15) is 4.79 Å². The predicted molar refractivity (Wildman–Crippen MR) is 122 cm³/mol. The van der Waals surface area contributed by atoms with Crippen molar-refractivity contribution in [3.63, 3.8) is 0 Å². The SMILES string of the molecule is C=CCCCOc1ccc(OC(=O)c2ccc(C3CCC(CCC)CC3)cc2)cc1. The molecular formula is C27H34O3. The van der Waals surface area contributed by atoms with Crippen molar-refractivity contribution < 1.29 is 14.3 Å². The highest BCUT2D eigenvalue weighted by molar-refractivity contribution is 5.91. The van der Waals surface area contributed by atoms with Crippen LogP contribution < -0.4 is 9.47 Å². The van der Waals surface area contributed by atoms with E-state index in [2.05, 4.69) is 25.6 Å². The molecule has 0 N–H and O–H groups in total. The highest BCUT2D eigenvalue weighted by atomic mass is 16.5. The van der Waals surface area contributed by atoms with Crippen LogP contribution in [-0.2, 0) is 0 Å². The van der Waals surface area contributed by atoms with Gasteiger partial charge in [-0.1, -0.05) is 38.0 Å². The van der Waals surface area contributed by atoms with Gasteiger partial charge in [0, 0.05) is 0 Å². The Morgan fingerprint density at radius 3 is 2.30 bits per heavy atom. The first-order chi connectivity index (χ1) is 14.7. The van der Waals surface area contributed by atoms with Crippen molar-refractivity contribution in [2.45, 2.75) is 64.2 Å². The van der Waals surface area contributed by atoms with E-state index >= 15 is 0 Å². The smallest absolute Gasteiger partial charge is 0.343 e. The average molecular weight is 407 g/mol. The molecule has 160 valence electrons. The first kappa shape index (κ1) is 22.1. The highest BCUT2D eigenvalue weighted by Gasteiger charge is 2.22. The summed E-state index contributed by atoms with van der Waals surface area (Å²) in [6.07, 6.45) is 11.6. The van der Waals surface area contributed by atoms with Crippen LogP contribution in [0.25, 0.3) is 0 Å². The molecule has 0 amide bonds. The lowest BCUT2D eigenvalue weighted by atomic mass is 9.77. The Balaban J connectivity index is 1.49. The van der Waals surface area contributed by atoms with E-state index < -0.39 is 0 Å². The van der Waals surface area contributed by atoms with Crippen molar-refractivity contribution in [3.05, 3.63) is 72.3 Å². The standard InChI is InChI=1S/C27H34O3/c1-3-5-6-20-29-25-16-18-26(19-17-25)30-27(28)24-14-12-23(13-15-24)22-10-8-21(7-4-2)9-11-22/h3,12-19,21-22H,1,4-11,20H2,2H3. The quantitative estimate of drug-likeness (QED) is 0.179. The molecule has 2 aromatic carbocycles. The second-order valence-electron chi connectivity index (χ2n) is 8.27. The molecule has 3 rings (SSSR count). The lowest BCUT2D eigenvalue weighted by Gasteiger charge is -2.28. The number of allylic oxidation sites excluding steroid dienone is 1. The minimum atomic E-state index is -0.326. The molecule has 0 aromatic heterocycles. The number of unbranched alkanes of at least 4 members (excludes halogenated alkanes) is 1. The molecule has 1 aliphatic carbocycles. The Morgan fingerprint density at radius 1 is 1.00 bits per heavy atom. The van der Waals surface area contributed by atoms with Crippen LogP contribution in [0.4, 0.5) is 0 Å². The van der Waals surface area contributed by atoms with Gasteiger partial charge < -0.3 is 9.47 Å². The van der Waals surface area contributed by atoms with Gasteiger partial charge in [-0.05, 0) is 92.3 Å². The lowest BCUT2D eigenvalue weighted by Crippen LogP contribution is -2.13. The number of ether oxygens (including phenoxy) is 2. The third kappa shape index (κ3) is 6.48. The van der Waals surface area contributed by atoms with Gasteiger partial charge >= 0.3 is 5.97 Å². The molecule has 2 aromatic rings. The van der Waals surface area contributed by atoms with Gasteiger partial charge in [-0.25, -0.2) is 4.79 Å². The lowest BCUT2D eigenvalue weighted by molar-refractivity contribution is 0.0734. The van der Waals surface area contributed by atoms with Crippen LogP contribution in [0.1, 0.15) is 80.1 Å². The van der Waals surface area contributed by atoms with E-state index in [0.29, 0.717) is 23.8 Å². The number of hydrogen-bond acceptors (Lipinski definition) is 3. The molecule has 30 heavy (non-hydrogen) atoms. The van der Waals surface area contributed by atoms with E-state index in [0.717, 1.165) is 24.5 Å². The van der Waals surface area contributed by atoms with Crippen molar-refractivity contribution in [3.8, 4) is 11.5 Å². The number of hydrogen-bond donors (Lipinski definition) is 0. The maximum Gasteiger partial charge on any atom is 0.343 e. The molecule has 3 heteroatoms. The zero-order valence-corrected chi connectivity index (χ0v) is 18.1. The molecule has 1 aliphatic rings. The summed E-state index contributed by atoms with van der Waals surface area (Å²) in [5, 5.41) is 0. The summed E-state index contributed by atoms with van der Waals surface area (Å²) in [6, 6.07) is 15.2. The molecule has 1 saturated carbocycles. The summed E-state index contributed by atoms with van der Waals surface area (Å²) in [6.45, 7) is 6.63. The van der Waals surface area contributed by atoms with E-state index in [1.165, 1.54) is 44.1 Å². The van der Waals surface area contributed by atoms with Crippen LogP contribution in [0.2, 0.25) is 0 Å². The third-order valence-corrected chi connectivity index (χ3v) is 6.02. The molecule has 0 aliphatic heterocycles. The van der Waals surface area contributed by atoms with Crippen LogP contribution in [0, 0.1) is 5.92 Å². The normalized spacial score (nSPS) is 18.6. The number of benzene rings is 2. The van der Waals surface area contributed by atoms with Crippen molar-refractivity contribution in [1.29, 1.82) is 0 Å². The van der Waals surface area contributed by atoms with E-state index in [4.69, 9.17) is 9.47 Å². The van der Waals surface area contributed by atoms with E-state index in [1.54, 1.807) is 12.1 Å². The summed E-state index contributed by atoms with van der Waals surface area (Å²) >= 11 is 0. The van der Waals surface area contributed by atoms with Gasteiger partial charge in [0.25, 0.3) is 0 Å². The van der Waals surface area contributed by atoms with Gasteiger partial charge in [-0.2, -0.15) is 0 Å². The Bertz CT molecular complexity index is 784. The van der Waals surface area contributed by atoms with Crippen LogP contribution in [0.5, 0.6) is 11.5 Å². The maximum atomic E-state index is 12.5. The fourth-order valence-corrected chi connectivity index (χ4v) is 4.27. The van der Waals surface area contributed by atoms with Crippen molar-refractivity contribution in [1.82, 2.24) is 0 Å². The predicted octanol–water partition coefficient (Wildman–Crippen LogP) is 7.32. The van der Waals surface area contributed by atoms with Crippen molar-refractivity contribution >= 4 is 5.97 Å². The number of carbonyl (C=O) groups is 1. The van der Waals surface area contributed by atoms with Crippen LogP contribution in [0.15, 0.2) is 61.2 Å². The second-order valence-corrected chi connectivity index (χ2v) is 8.27. The molecule has 3 nitrogen and oxygen atoms in total. The monoisotopic (exact) mass is 406 g/mol. The molecule has 0 saturated heterocycles. The van der Waals surface area contributed by atoms with Crippen LogP contribution in [-0.4, -0.2) is 12.6 Å². The van der Waals surface area contributed by atoms with Crippen LogP contribution >= 0.6 is 0 Å². The summed E-state index contributed by atoms with van der Waals surface area (Å²) < 4.78 is 11.2. The summed E-state index contributed by atoms with van der Waals surface area (Å²) in [5.41, 5.74) is 1.93. The Morgan fingerprint density at radius 2 is 1.67 bits per heavy atom. The molecule has 1 fully saturated rings. The Labute approximate surface area is 181 Å². The Hall–Kier alpha value is -2.55. The molecule has 0 heterocycles. The second kappa shape index (κ2) is 11.6. The molecule has 0 radical (unpaired) electrons. The summed E-state index contributed by atoms with van der Waals surface area (Å²) in [4.78, 5) is 12.5. The third-order valence-electron chi connectivity index (χ3n) is 6.02. The van der Waals surface area contributed by atoms with Gasteiger partial charge in [-0.15, -0.1) is 6.58 Å². The molecule has 0 spiro atoms. The van der Waals surface area contributed by atoms with Gasteiger partial charge in [0.2, 0.25) is 0 Å². The average Bonchev–Trinajstić information content (AvgIpc) is 2.79. The fourth-order valence-electron chi connectivity index (χ4n) is 4.27. The number of esters is 1. The van der Waals surface area contributed by atoms with Crippen LogP contribution in [0.3, 0.4) is 0 Å². The van der Waals surface area contributed by atoms with Gasteiger partial charge in [0.15, 0.2) is 0 Å². The van der Waals surface area contributed by atoms with E-state index in [1.807, 2.05) is 30.3 Å². The Kier molecular flexibility index (Phi) is 8.55. The van der Waals surface area contributed by atoms with Crippen molar-refractivity contribution in [2.75, 3.05) is 6.61 Å². The topological polar surface area (TPSA) is 35.5 Å². The first-order valence-corrected chi connectivity index (χ1v) is 11.4. The first-order valence-electron chi connectivity index (χ1n) is 11.4. The molecule has 0 atom stereocenters.